The molecule has 1 nitrogen and oxygen atoms in total. The van der Waals surface area contributed by atoms with Crippen molar-refractivity contribution in [1.82, 2.24) is 0 Å². The zero-order chi connectivity index (χ0) is 7.11. The van der Waals surface area contributed by atoms with Crippen LogP contribution in [0.4, 0.5) is 0 Å². The van der Waals surface area contributed by atoms with Crippen molar-refractivity contribution in [3.05, 3.63) is 0 Å². The Hall–Kier alpha value is -0.770. The lowest BCUT2D eigenvalue weighted by molar-refractivity contribution is 1.06. The van der Waals surface area contributed by atoms with Gasteiger partial charge in [0.1, 0.15) is 0 Å². The summed E-state index contributed by atoms with van der Waals surface area (Å²) in [6, 6.07) is 0. The molecule has 1 unspecified atom stereocenters. The molecule has 0 aromatic carbocycles. The van der Waals surface area contributed by atoms with Gasteiger partial charge in [0.2, 0.25) is 0 Å². The van der Waals surface area contributed by atoms with Gasteiger partial charge in [-0.15, -0.1) is 5.92 Å². The van der Waals surface area contributed by atoms with Crippen molar-refractivity contribution in [2.24, 2.45) is 10.9 Å². The second-order valence-electron chi connectivity index (χ2n) is 1.87. The van der Waals surface area contributed by atoms with Crippen molar-refractivity contribution in [3.8, 4) is 11.8 Å². The van der Waals surface area contributed by atoms with Crippen molar-refractivity contribution in [2.45, 2.75) is 20.3 Å². The van der Waals surface area contributed by atoms with Crippen LogP contribution in [0.3, 0.4) is 0 Å². The lowest BCUT2D eigenvalue weighted by Gasteiger charge is -1.88. The Morgan fingerprint density at radius 1 is 1.67 bits per heavy atom. The van der Waals surface area contributed by atoms with Gasteiger partial charge >= 0.3 is 0 Å². The molecule has 0 aliphatic heterocycles. The second kappa shape index (κ2) is 5.37. The van der Waals surface area contributed by atoms with E-state index in [0.29, 0.717) is 5.92 Å². The van der Waals surface area contributed by atoms with Gasteiger partial charge in [0.15, 0.2) is 0 Å². The summed E-state index contributed by atoms with van der Waals surface area (Å²) in [5, 5.41) is 0. The summed E-state index contributed by atoms with van der Waals surface area (Å²) < 4.78 is 0. The molecule has 0 fully saturated rings. The lowest BCUT2D eigenvalue weighted by Crippen LogP contribution is -1.89. The molecule has 1 atom stereocenters. The minimum atomic E-state index is 0.315. The van der Waals surface area contributed by atoms with Crippen LogP contribution < -0.4 is 0 Å². The number of hydrogen-bond donors (Lipinski definition) is 0. The van der Waals surface area contributed by atoms with Crippen molar-refractivity contribution in [2.75, 3.05) is 7.05 Å². The molecular formula is C8H13N. The third-order valence-corrected chi connectivity index (χ3v) is 0.879. The third kappa shape index (κ3) is 5.10. The summed E-state index contributed by atoms with van der Waals surface area (Å²) >= 11 is 0. The van der Waals surface area contributed by atoms with E-state index < -0.39 is 0 Å². The molecule has 50 valence electrons. The standard InChI is InChI=1S/C8H13N/c1-4-5-6-8(2)7-9-3/h7-8H,4H2,1-3H3. The maximum absolute atomic E-state index is 3.86. The Morgan fingerprint density at radius 3 is 2.78 bits per heavy atom. The number of nitrogens with zero attached hydrogens (tertiary/aromatic N) is 1. The van der Waals surface area contributed by atoms with Gasteiger partial charge in [-0.25, -0.2) is 0 Å². The summed E-state index contributed by atoms with van der Waals surface area (Å²) in [4.78, 5) is 3.86. The number of aliphatic imine (C=N–C) groups is 1. The van der Waals surface area contributed by atoms with Crippen molar-refractivity contribution in [1.29, 1.82) is 0 Å². The van der Waals surface area contributed by atoms with Gasteiger partial charge < -0.3 is 0 Å². The Balaban J connectivity index is 3.61. The van der Waals surface area contributed by atoms with E-state index in [1.165, 1.54) is 0 Å². The van der Waals surface area contributed by atoms with E-state index in [4.69, 9.17) is 0 Å². The molecule has 0 rings (SSSR count). The van der Waals surface area contributed by atoms with Crippen LogP contribution >= 0.6 is 0 Å². The van der Waals surface area contributed by atoms with Gasteiger partial charge in [0, 0.05) is 19.7 Å². The Bertz CT molecular complexity index is 136. The van der Waals surface area contributed by atoms with E-state index >= 15 is 0 Å². The fraction of sp³-hybridized carbons (Fsp3) is 0.625. The molecule has 1 heteroatoms. The molecule has 9 heavy (non-hydrogen) atoms. The fourth-order valence-corrected chi connectivity index (χ4v) is 0.524. The first-order chi connectivity index (χ1) is 4.31. The highest BCUT2D eigenvalue weighted by molar-refractivity contribution is 5.63. The predicted octanol–water partition coefficient (Wildman–Crippen LogP) is 1.74. The highest BCUT2D eigenvalue weighted by Crippen LogP contribution is 1.85. The summed E-state index contributed by atoms with van der Waals surface area (Å²) in [5.74, 6) is 6.34. The van der Waals surface area contributed by atoms with Crippen LogP contribution in [0.25, 0.3) is 0 Å². The van der Waals surface area contributed by atoms with Crippen LogP contribution in [0.1, 0.15) is 20.3 Å². The Morgan fingerprint density at radius 2 is 2.33 bits per heavy atom. The third-order valence-electron chi connectivity index (χ3n) is 0.879. The number of rotatable bonds is 1. The zero-order valence-electron chi connectivity index (χ0n) is 6.31. The quantitative estimate of drug-likeness (QED) is 0.372. The molecule has 0 N–H and O–H groups in total. The van der Waals surface area contributed by atoms with Gasteiger partial charge in [0.25, 0.3) is 0 Å². The van der Waals surface area contributed by atoms with Gasteiger partial charge in [-0.05, 0) is 6.92 Å². The molecule has 0 spiro atoms. The highest BCUT2D eigenvalue weighted by Gasteiger charge is 1.85. The van der Waals surface area contributed by atoms with Crippen LogP contribution in [0, 0.1) is 17.8 Å². The molecule has 0 aliphatic rings. The lowest BCUT2D eigenvalue weighted by atomic mass is 10.2. The van der Waals surface area contributed by atoms with Gasteiger partial charge in [0.05, 0.1) is 5.92 Å². The molecule has 0 saturated carbocycles. The SMILES string of the molecule is CCC#CC(C)C=NC. The largest absolute Gasteiger partial charge is 0.300 e. The molecule has 0 bridgehead atoms. The average Bonchev–Trinajstić information content (AvgIpc) is 1.85. The van der Waals surface area contributed by atoms with E-state index in [9.17, 15) is 0 Å². The molecule has 0 heterocycles. The van der Waals surface area contributed by atoms with Crippen LogP contribution in [0.5, 0.6) is 0 Å². The van der Waals surface area contributed by atoms with Gasteiger partial charge in [-0.2, -0.15) is 0 Å². The maximum Gasteiger partial charge on any atom is 0.0522 e. The Kier molecular flexibility index (Phi) is 4.91. The number of hydrogen-bond acceptors (Lipinski definition) is 1. The van der Waals surface area contributed by atoms with Crippen molar-refractivity contribution >= 4 is 6.21 Å². The minimum absolute atomic E-state index is 0.315. The molecule has 0 saturated heterocycles. The van der Waals surface area contributed by atoms with Crippen LogP contribution in [-0.4, -0.2) is 13.3 Å². The molecule has 0 amide bonds. The summed E-state index contributed by atoms with van der Waals surface area (Å²) in [6.07, 6.45) is 2.78. The normalized spacial score (nSPS) is 12.8. The smallest absolute Gasteiger partial charge is 0.0522 e. The van der Waals surface area contributed by atoms with E-state index in [1.807, 2.05) is 20.1 Å². The topological polar surface area (TPSA) is 12.4 Å². The molecular weight excluding hydrogens is 110 g/mol. The summed E-state index contributed by atoms with van der Waals surface area (Å²) in [6.45, 7) is 4.08. The molecule has 0 aromatic rings. The van der Waals surface area contributed by atoms with E-state index in [2.05, 4.69) is 16.8 Å². The van der Waals surface area contributed by atoms with Gasteiger partial charge in [-0.3, -0.25) is 4.99 Å². The monoisotopic (exact) mass is 123 g/mol. The van der Waals surface area contributed by atoms with Crippen LogP contribution in [0.2, 0.25) is 0 Å². The van der Waals surface area contributed by atoms with E-state index in [0.717, 1.165) is 6.42 Å². The van der Waals surface area contributed by atoms with E-state index in [-0.39, 0.29) is 0 Å². The highest BCUT2D eigenvalue weighted by atomic mass is 14.6. The Labute approximate surface area is 57.2 Å². The average molecular weight is 123 g/mol. The fourth-order valence-electron chi connectivity index (χ4n) is 0.524. The summed E-state index contributed by atoms with van der Waals surface area (Å²) in [7, 11) is 1.77. The minimum Gasteiger partial charge on any atom is -0.300 e. The van der Waals surface area contributed by atoms with E-state index in [1.54, 1.807) is 7.05 Å². The molecule has 0 aromatic heterocycles. The van der Waals surface area contributed by atoms with Crippen LogP contribution in [-0.2, 0) is 0 Å². The first kappa shape index (κ1) is 8.23. The van der Waals surface area contributed by atoms with Gasteiger partial charge in [-0.1, -0.05) is 12.8 Å². The molecule has 0 aliphatic carbocycles. The molecule has 0 radical (unpaired) electrons. The summed E-state index contributed by atoms with van der Waals surface area (Å²) in [5.41, 5.74) is 0. The first-order valence-corrected chi connectivity index (χ1v) is 3.22. The predicted molar refractivity (Wildman–Crippen MR) is 41.6 cm³/mol. The van der Waals surface area contributed by atoms with Crippen LogP contribution in [0.15, 0.2) is 4.99 Å². The first-order valence-electron chi connectivity index (χ1n) is 3.22. The zero-order valence-corrected chi connectivity index (χ0v) is 6.31. The van der Waals surface area contributed by atoms with Crippen molar-refractivity contribution in [3.63, 3.8) is 0 Å². The van der Waals surface area contributed by atoms with Crippen molar-refractivity contribution < 1.29 is 0 Å². The second-order valence-corrected chi connectivity index (χ2v) is 1.87. The maximum atomic E-state index is 3.86.